The van der Waals surface area contributed by atoms with Gasteiger partial charge in [0, 0.05) is 19.4 Å². The van der Waals surface area contributed by atoms with Crippen molar-refractivity contribution in [3.8, 4) is 0 Å². The molecule has 0 radical (unpaired) electrons. The summed E-state index contributed by atoms with van der Waals surface area (Å²) in [6.07, 6.45) is 2.76. The standard InChI is InChI=1S/C25H26N2O3/c1-18-7-5-11-22-21(18)14-15-27(25(22)19-8-3-2-4-9-19)24(29)13-12-23(28)26-17-20-10-6-16-30-20/h2-11,16,25H,12-15,17H2,1H3,(H,26,28). The summed E-state index contributed by atoms with van der Waals surface area (Å²) in [6.45, 7) is 3.12. The summed E-state index contributed by atoms with van der Waals surface area (Å²) in [5.41, 5.74) is 4.87. The van der Waals surface area contributed by atoms with E-state index >= 15 is 0 Å². The smallest absolute Gasteiger partial charge is 0.223 e. The van der Waals surface area contributed by atoms with Crippen LogP contribution in [0.1, 0.15) is 46.9 Å². The quantitative estimate of drug-likeness (QED) is 0.673. The molecule has 2 amide bonds. The molecule has 154 valence electrons. The van der Waals surface area contributed by atoms with E-state index in [9.17, 15) is 9.59 Å². The zero-order valence-electron chi connectivity index (χ0n) is 17.1. The largest absolute Gasteiger partial charge is 0.467 e. The fourth-order valence-electron chi connectivity index (χ4n) is 4.17. The van der Waals surface area contributed by atoms with E-state index in [1.54, 1.807) is 12.3 Å². The molecule has 0 fully saturated rings. The summed E-state index contributed by atoms with van der Waals surface area (Å²) in [4.78, 5) is 27.3. The first kappa shape index (κ1) is 20.0. The van der Waals surface area contributed by atoms with Gasteiger partial charge in [0.1, 0.15) is 5.76 Å². The molecule has 1 atom stereocenters. The molecule has 5 nitrogen and oxygen atoms in total. The Labute approximate surface area is 176 Å². The summed E-state index contributed by atoms with van der Waals surface area (Å²) in [7, 11) is 0. The van der Waals surface area contributed by atoms with Crippen LogP contribution in [-0.2, 0) is 22.6 Å². The summed E-state index contributed by atoms with van der Waals surface area (Å²) in [5, 5.41) is 2.81. The molecule has 0 bridgehead atoms. The first-order valence-electron chi connectivity index (χ1n) is 10.4. The van der Waals surface area contributed by atoms with Crippen molar-refractivity contribution in [1.29, 1.82) is 0 Å². The van der Waals surface area contributed by atoms with Gasteiger partial charge < -0.3 is 14.6 Å². The molecule has 5 heteroatoms. The third-order valence-corrected chi connectivity index (χ3v) is 5.70. The molecule has 0 aliphatic carbocycles. The van der Waals surface area contributed by atoms with Gasteiger partial charge in [0.05, 0.1) is 18.8 Å². The summed E-state index contributed by atoms with van der Waals surface area (Å²) in [5.74, 6) is 0.551. The molecule has 1 aromatic heterocycles. The lowest BCUT2D eigenvalue weighted by molar-refractivity contribution is -0.135. The second kappa shape index (κ2) is 8.99. The van der Waals surface area contributed by atoms with Crippen molar-refractivity contribution in [1.82, 2.24) is 10.2 Å². The van der Waals surface area contributed by atoms with Crippen LogP contribution >= 0.6 is 0 Å². The maximum absolute atomic E-state index is 13.1. The van der Waals surface area contributed by atoms with E-state index in [-0.39, 0.29) is 30.7 Å². The topological polar surface area (TPSA) is 62.6 Å². The predicted octanol–water partition coefficient (Wildman–Crippen LogP) is 4.16. The second-order valence-corrected chi connectivity index (χ2v) is 7.65. The highest BCUT2D eigenvalue weighted by molar-refractivity contribution is 5.84. The Morgan fingerprint density at radius 1 is 1.03 bits per heavy atom. The second-order valence-electron chi connectivity index (χ2n) is 7.65. The van der Waals surface area contributed by atoms with Crippen molar-refractivity contribution in [2.45, 2.75) is 38.8 Å². The van der Waals surface area contributed by atoms with Gasteiger partial charge in [-0.05, 0) is 47.7 Å². The van der Waals surface area contributed by atoms with E-state index in [0.29, 0.717) is 18.8 Å². The Hall–Kier alpha value is -3.34. The number of fused-ring (bicyclic) bond motifs is 1. The van der Waals surface area contributed by atoms with Crippen LogP contribution in [0.5, 0.6) is 0 Å². The number of hydrogen-bond acceptors (Lipinski definition) is 3. The van der Waals surface area contributed by atoms with E-state index < -0.39 is 0 Å². The van der Waals surface area contributed by atoms with Gasteiger partial charge in [-0.1, -0.05) is 48.5 Å². The monoisotopic (exact) mass is 402 g/mol. The van der Waals surface area contributed by atoms with Gasteiger partial charge in [0.25, 0.3) is 0 Å². The number of nitrogens with zero attached hydrogens (tertiary/aromatic N) is 1. The van der Waals surface area contributed by atoms with Gasteiger partial charge in [-0.15, -0.1) is 0 Å². The molecule has 3 aromatic rings. The highest BCUT2D eigenvalue weighted by Crippen LogP contribution is 2.36. The molecule has 0 saturated carbocycles. The van der Waals surface area contributed by atoms with Gasteiger partial charge in [-0.3, -0.25) is 9.59 Å². The lowest BCUT2D eigenvalue weighted by Crippen LogP contribution is -2.41. The van der Waals surface area contributed by atoms with Crippen molar-refractivity contribution < 1.29 is 14.0 Å². The minimum Gasteiger partial charge on any atom is -0.467 e. The number of benzene rings is 2. The summed E-state index contributed by atoms with van der Waals surface area (Å²) >= 11 is 0. The molecule has 1 aliphatic rings. The van der Waals surface area contributed by atoms with Crippen LogP contribution < -0.4 is 5.32 Å². The van der Waals surface area contributed by atoms with Crippen molar-refractivity contribution >= 4 is 11.8 Å². The number of aryl methyl sites for hydroxylation is 1. The average Bonchev–Trinajstić information content (AvgIpc) is 3.30. The number of carbonyl (C=O) groups is 2. The summed E-state index contributed by atoms with van der Waals surface area (Å²) in [6, 6.07) is 19.9. The van der Waals surface area contributed by atoms with E-state index in [0.717, 1.165) is 12.0 Å². The van der Waals surface area contributed by atoms with Crippen LogP contribution in [0.2, 0.25) is 0 Å². The van der Waals surface area contributed by atoms with Gasteiger partial charge in [-0.25, -0.2) is 0 Å². The SMILES string of the molecule is Cc1cccc2c1CCN(C(=O)CCC(=O)NCc1ccco1)C2c1ccccc1. The molecular formula is C25H26N2O3. The Morgan fingerprint density at radius 3 is 2.63 bits per heavy atom. The van der Waals surface area contributed by atoms with E-state index in [1.165, 1.54) is 16.7 Å². The van der Waals surface area contributed by atoms with Gasteiger partial charge in [0.2, 0.25) is 11.8 Å². The Bertz CT molecular complexity index is 1010. The Balaban J connectivity index is 1.47. The lowest BCUT2D eigenvalue weighted by Gasteiger charge is -2.38. The minimum atomic E-state index is -0.149. The molecule has 1 unspecified atom stereocenters. The zero-order chi connectivity index (χ0) is 20.9. The molecule has 1 aliphatic heterocycles. The highest BCUT2D eigenvalue weighted by atomic mass is 16.3. The molecule has 1 N–H and O–H groups in total. The fraction of sp³-hybridized carbons (Fsp3) is 0.280. The molecule has 2 aromatic carbocycles. The molecule has 0 spiro atoms. The maximum atomic E-state index is 13.1. The van der Waals surface area contributed by atoms with Crippen LogP contribution in [0.15, 0.2) is 71.3 Å². The number of amides is 2. The maximum Gasteiger partial charge on any atom is 0.223 e. The van der Waals surface area contributed by atoms with E-state index in [2.05, 4.69) is 42.6 Å². The fourth-order valence-corrected chi connectivity index (χ4v) is 4.17. The third-order valence-electron chi connectivity index (χ3n) is 5.70. The minimum absolute atomic E-state index is 0.00385. The van der Waals surface area contributed by atoms with Crippen LogP contribution in [-0.4, -0.2) is 23.3 Å². The van der Waals surface area contributed by atoms with Crippen LogP contribution in [0.4, 0.5) is 0 Å². The number of furan rings is 1. The van der Waals surface area contributed by atoms with Crippen molar-refractivity contribution in [2.24, 2.45) is 0 Å². The normalized spacial score (nSPS) is 15.5. The summed E-state index contributed by atoms with van der Waals surface area (Å²) < 4.78 is 5.22. The first-order valence-corrected chi connectivity index (χ1v) is 10.4. The van der Waals surface area contributed by atoms with Gasteiger partial charge >= 0.3 is 0 Å². The van der Waals surface area contributed by atoms with Crippen LogP contribution in [0.25, 0.3) is 0 Å². The Morgan fingerprint density at radius 2 is 1.87 bits per heavy atom. The first-order chi connectivity index (χ1) is 14.6. The molecule has 0 saturated heterocycles. The van der Waals surface area contributed by atoms with Gasteiger partial charge in [-0.2, -0.15) is 0 Å². The average molecular weight is 402 g/mol. The molecular weight excluding hydrogens is 376 g/mol. The molecule has 2 heterocycles. The third kappa shape index (κ3) is 4.30. The van der Waals surface area contributed by atoms with Gasteiger partial charge in [0.15, 0.2) is 0 Å². The number of rotatable bonds is 6. The van der Waals surface area contributed by atoms with Crippen molar-refractivity contribution in [2.75, 3.05) is 6.54 Å². The van der Waals surface area contributed by atoms with Crippen molar-refractivity contribution in [3.63, 3.8) is 0 Å². The van der Waals surface area contributed by atoms with E-state index in [1.807, 2.05) is 29.2 Å². The Kier molecular flexibility index (Phi) is 5.98. The lowest BCUT2D eigenvalue weighted by atomic mass is 9.85. The van der Waals surface area contributed by atoms with Crippen LogP contribution in [0.3, 0.4) is 0 Å². The number of hydrogen-bond donors (Lipinski definition) is 1. The highest BCUT2D eigenvalue weighted by Gasteiger charge is 2.32. The molecule has 30 heavy (non-hydrogen) atoms. The number of carbonyl (C=O) groups excluding carboxylic acids is 2. The molecule has 4 rings (SSSR count). The van der Waals surface area contributed by atoms with Crippen LogP contribution in [0, 0.1) is 6.92 Å². The number of nitrogens with one attached hydrogen (secondary N) is 1. The van der Waals surface area contributed by atoms with Crippen molar-refractivity contribution in [3.05, 3.63) is 94.9 Å². The predicted molar refractivity (Wildman–Crippen MR) is 115 cm³/mol. The zero-order valence-corrected chi connectivity index (χ0v) is 17.1. The van der Waals surface area contributed by atoms with E-state index in [4.69, 9.17) is 4.42 Å².